The van der Waals surface area contributed by atoms with E-state index in [1.54, 1.807) is 6.92 Å². The molecule has 0 N–H and O–H groups in total. The Morgan fingerprint density at radius 2 is 2.33 bits per heavy atom. The summed E-state index contributed by atoms with van der Waals surface area (Å²) in [6.45, 7) is 1.73. The summed E-state index contributed by atoms with van der Waals surface area (Å²) in [7, 11) is 4.95. The highest BCUT2D eigenvalue weighted by atomic mass is 16.6. The zero-order valence-electron chi connectivity index (χ0n) is 8.65. The van der Waals surface area contributed by atoms with Crippen LogP contribution in [0.25, 0.3) is 0 Å². The molecule has 1 unspecified atom stereocenters. The van der Waals surface area contributed by atoms with Gasteiger partial charge >= 0.3 is 11.9 Å². The van der Waals surface area contributed by atoms with Gasteiger partial charge in [-0.2, -0.15) is 0 Å². The summed E-state index contributed by atoms with van der Waals surface area (Å²) in [4.78, 5) is 22.0. The van der Waals surface area contributed by atoms with E-state index in [4.69, 9.17) is 17.5 Å². The van der Waals surface area contributed by atoms with Crippen LogP contribution in [0.1, 0.15) is 26.2 Å². The van der Waals surface area contributed by atoms with Crippen LogP contribution in [-0.2, 0) is 23.7 Å². The monoisotopic (exact) mass is 212 g/mol. The number of carbonyl (C=O) groups is 2. The van der Waals surface area contributed by atoms with Crippen molar-refractivity contribution >= 4 is 20.0 Å². The number of esters is 2. The summed E-state index contributed by atoms with van der Waals surface area (Å²) in [6.07, 6.45) is 1.04. The standard InChI is InChI=1S/C9H13BO5/c1-2-7(11)13-5-9(6-14-10)4-3-8(12)15-9/h2-6H2,1H3. The van der Waals surface area contributed by atoms with E-state index in [-0.39, 0.29) is 31.6 Å². The molecule has 1 rings (SSSR count). The zero-order chi connectivity index (χ0) is 11.3. The fourth-order valence-corrected chi connectivity index (χ4v) is 1.38. The molecule has 15 heavy (non-hydrogen) atoms. The van der Waals surface area contributed by atoms with Gasteiger partial charge in [0.05, 0.1) is 6.61 Å². The Bertz CT molecular complexity index is 255. The van der Waals surface area contributed by atoms with Crippen molar-refractivity contribution in [1.82, 2.24) is 0 Å². The Labute approximate surface area is 89.5 Å². The largest absolute Gasteiger partial charge is 0.461 e. The van der Waals surface area contributed by atoms with Crippen molar-refractivity contribution in [3.05, 3.63) is 0 Å². The number of carbonyl (C=O) groups excluding carboxylic acids is 2. The Hall–Kier alpha value is -1.04. The third-order valence-corrected chi connectivity index (χ3v) is 2.25. The highest BCUT2D eigenvalue weighted by Gasteiger charge is 2.41. The van der Waals surface area contributed by atoms with Gasteiger partial charge in [-0.15, -0.1) is 0 Å². The summed E-state index contributed by atoms with van der Waals surface area (Å²) in [5, 5.41) is 0. The lowest BCUT2D eigenvalue weighted by Crippen LogP contribution is -2.40. The maximum Gasteiger partial charge on any atom is 0.306 e. The first-order valence-electron chi connectivity index (χ1n) is 4.81. The lowest BCUT2D eigenvalue weighted by Gasteiger charge is -2.26. The van der Waals surface area contributed by atoms with E-state index in [0.717, 1.165) is 0 Å². The third kappa shape index (κ3) is 3.23. The van der Waals surface area contributed by atoms with Crippen molar-refractivity contribution in [3.8, 4) is 0 Å². The van der Waals surface area contributed by atoms with E-state index < -0.39 is 5.60 Å². The third-order valence-electron chi connectivity index (χ3n) is 2.25. The van der Waals surface area contributed by atoms with E-state index in [2.05, 4.69) is 4.65 Å². The summed E-state index contributed by atoms with van der Waals surface area (Å²) >= 11 is 0. The number of cyclic esters (lactones) is 1. The summed E-state index contributed by atoms with van der Waals surface area (Å²) < 4.78 is 14.5. The smallest absolute Gasteiger partial charge is 0.306 e. The minimum atomic E-state index is -0.892. The molecule has 1 heterocycles. The summed E-state index contributed by atoms with van der Waals surface area (Å²) in [6, 6.07) is 0. The molecule has 2 radical (unpaired) electrons. The first-order valence-corrected chi connectivity index (χ1v) is 4.81. The van der Waals surface area contributed by atoms with Gasteiger partial charge in [-0.25, -0.2) is 0 Å². The van der Waals surface area contributed by atoms with Crippen molar-refractivity contribution in [1.29, 1.82) is 0 Å². The summed E-state index contributed by atoms with van der Waals surface area (Å²) in [5.41, 5.74) is -0.892. The summed E-state index contributed by atoms with van der Waals surface area (Å²) in [5.74, 6) is -0.658. The molecule has 0 aromatic rings. The molecular formula is C9H13BO5. The molecule has 0 spiro atoms. The molecule has 1 atom stereocenters. The quantitative estimate of drug-likeness (QED) is 0.478. The Morgan fingerprint density at radius 1 is 1.60 bits per heavy atom. The van der Waals surface area contributed by atoms with E-state index in [9.17, 15) is 9.59 Å². The van der Waals surface area contributed by atoms with E-state index in [1.165, 1.54) is 0 Å². The van der Waals surface area contributed by atoms with Crippen molar-refractivity contribution < 1.29 is 23.7 Å². The first kappa shape index (κ1) is 12.0. The predicted octanol–water partition coefficient (Wildman–Crippen LogP) is 0.115. The first-order chi connectivity index (χ1) is 7.12. The van der Waals surface area contributed by atoms with Gasteiger partial charge in [-0.05, 0) is 0 Å². The van der Waals surface area contributed by atoms with Crippen LogP contribution in [0.5, 0.6) is 0 Å². The SMILES string of the molecule is [B]OCC1(COC(=O)CC)CCC(=O)O1. The molecule has 0 aliphatic carbocycles. The topological polar surface area (TPSA) is 61.8 Å². The predicted molar refractivity (Wildman–Crippen MR) is 51.0 cm³/mol. The van der Waals surface area contributed by atoms with Gasteiger partial charge in [0.25, 0.3) is 8.05 Å². The second kappa shape index (κ2) is 5.16. The molecule has 1 saturated heterocycles. The van der Waals surface area contributed by atoms with Crippen LogP contribution < -0.4 is 0 Å². The molecule has 0 aromatic heterocycles. The second-order valence-electron chi connectivity index (χ2n) is 3.48. The number of hydrogen-bond donors (Lipinski definition) is 0. The second-order valence-corrected chi connectivity index (χ2v) is 3.48. The van der Waals surface area contributed by atoms with Gasteiger partial charge in [0.2, 0.25) is 0 Å². The molecule has 0 amide bonds. The van der Waals surface area contributed by atoms with Crippen LogP contribution in [0.4, 0.5) is 0 Å². The van der Waals surface area contributed by atoms with Crippen LogP contribution in [0, 0.1) is 0 Å². The number of rotatable bonds is 5. The highest BCUT2D eigenvalue weighted by molar-refractivity contribution is 5.98. The molecule has 1 aliphatic heterocycles. The van der Waals surface area contributed by atoms with Crippen molar-refractivity contribution in [2.45, 2.75) is 31.8 Å². The van der Waals surface area contributed by atoms with Crippen LogP contribution in [-0.4, -0.2) is 38.8 Å². The lowest BCUT2D eigenvalue weighted by atomic mass is 10.0. The minimum Gasteiger partial charge on any atom is -0.461 e. The molecule has 1 fully saturated rings. The van der Waals surface area contributed by atoms with Crippen molar-refractivity contribution in [2.24, 2.45) is 0 Å². The van der Waals surface area contributed by atoms with Crippen LogP contribution in [0.15, 0.2) is 0 Å². The molecule has 0 aromatic carbocycles. The van der Waals surface area contributed by atoms with E-state index in [0.29, 0.717) is 12.8 Å². The van der Waals surface area contributed by atoms with Gasteiger partial charge in [-0.3, -0.25) is 9.59 Å². The maximum atomic E-state index is 11.0. The van der Waals surface area contributed by atoms with Crippen LogP contribution in [0.3, 0.4) is 0 Å². The molecule has 0 saturated carbocycles. The Kier molecular flexibility index (Phi) is 4.14. The van der Waals surface area contributed by atoms with Crippen LogP contribution >= 0.6 is 0 Å². The van der Waals surface area contributed by atoms with Gasteiger partial charge in [0.15, 0.2) is 5.60 Å². The molecule has 0 bridgehead atoms. The molecule has 82 valence electrons. The van der Waals surface area contributed by atoms with Gasteiger partial charge in [-0.1, -0.05) is 6.92 Å². The van der Waals surface area contributed by atoms with Crippen molar-refractivity contribution in [3.63, 3.8) is 0 Å². The molecular weight excluding hydrogens is 199 g/mol. The molecule has 5 nitrogen and oxygen atoms in total. The zero-order valence-corrected chi connectivity index (χ0v) is 8.65. The lowest BCUT2D eigenvalue weighted by molar-refractivity contribution is -0.165. The number of hydrogen-bond acceptors (Lipinski definition) is 5. The maximum absolute atomic E-state index is 11.0. The van der Waals surface area contributed by atoms with Crippen LogP contribution in [0.2, 0.25) is 0 Å². The minimum absolute atomic E-state index is 0.00259. The highest BCUT2D eigenvalue weighted by Crippen LogP contribution is 2.27. The van der Waals surface area contributed by atoms with E-state index >= 15 is 0 Å². The fraction of sp³-hybridized carbons (Fsp3) is 0.778. The molecule has 6 heteroatoms. The van der Waals surface area contributed by atoms with Gasteiger partial charge in [0, 0.05) is 19.3 Å². The average molecular weight is 212 g/mol. The Balaban J connectivity index is 2.50. The number of ether oxygens (including phenoxy) is 2. The average Bonchev–Trinajstić information content (AvgIpc) is 2.58. The van der Waals surface area contributed by atoms with Crippen molar-refractivity contribution in [2.75, 3.05) is 13.2 Å². The molecule has 1 aliphatic rings. The Morgan fingerprint density at radius 3 is 2.80 bits per heavy atom. The normalized spacial score (nSPS) is 25.0. The van der Waals surface area contributed by atoms with Gasteiger partial charge in [0.1, 0.15) is 6.61 Å². The van der Waals surface area contributed by atoms with E-state index in [1.807, 2.05) is 0 Å². The fourth-order valence-electron chi connectivity index (χ4n) is 1.38. The van der Waals surface area contributed by atoms with Gasteiger partial charge < -0.3 is 14.1 Å².